The number of oxazole rings is 1. The highest BCUT2D eigenvalue weighted by Crippen LogP contribution is 2.44. The summed E-state index contributed by atoms with van der Waals surface area (Å²) in [6.07, 6.45) is 2.53. The van der Waals surface area contributed by atoms with Crippen molar-refractivity contribution >= 4 is 17.1 Å². The van der Waals surface area contributed by atoms with Gasteiger partial charge in [-0.2, -0.15) is 0 Å². The van der Waals surface area contributed by atoms with Gasteiger partial charge in [0.05, 0.1) is 13.0 Å². The molecule has 1 aliphatic rings. The van der Waals surface area contributed by atoms with Gasteiger partial charge in [0.1, 0.15) is 11.3 Å². The van der Waals surface area contributed by atoms with Gasteiger partial charge in [-0.05, 0) is 30.9 Å². The lowest BCUT2D eigenvalue weighted by Crippen LogP contribution is -2.17. The Hall–Kier alpha value is -2.04. The molecule has 1 saturated carbocycles. The molecule has 1 aromatic carbocycles. The van der Waals surface area contributed by atoms with Crippen molar-refractivity contribution in [2.75, 3.05) is 7.11 Å². The Balaban J connectivity index is 1.96. The Kier molecular flexibility index (Phi) is 3.57. The van der Waals surface area contributed by atoms with Crippen molar-refractivity contribution < 1.29 is 19.1 Å². The van der Waals surface area contributed by atoms with Crippen LogP contribution in [0.2, 0.25) is 0 Å². The third-order valence-corrected chi connectivity index (χ3v) is 4.48. The van der Waals surface area contributed by atoms with Crippen molar-refractivity contribution in [3.63, 3.8) is 0 Å². The van der Waals surface area contributed by atoms with E-state index in [2.05, 4.69) is 11.9 Å². The molecule has 1 N–H and O–H groups in total. The third kappa shape index (κ3) is 2.48. The second-order valence-corrected chi connectivity index (χ2v) is 5.68. The second-order valence-electron chi connectivity index (χ2n) is 5.68. The Morgan fingerprint density at radius 2 is 2.29 bits per heavy atom. The van der Waals surface area contributed by atoms with Gasteiger partial charge in [-0.1, -0.05) is 13.3 Å². The van der Waals surface area contributed by atoms with Crippen molar-refractivity contribution in [3.8, 4) is 5.75 Å². The fraction of sp³-hybridized carbons (Fsp3) is 0.500. The van der Waals surface area contributed by atoms with E-state index >= 15 is 0 Å². The second kappa shape index (κ2) is 5.39. The van der Waals surface area contributed by atoms with Gasteiger partial charge in [-0.15, -0.1) is 0 Å². The minimum Gasteiger partial charge on any atom is -0.497 e. The first kappa shape index (κ1) is 13.9. The highest BCUT2D eigenvalue weighted by atomic mass is 16.5. The molecule has 0 aliphatic heterocycles. The van der Waals surface area contributed by atoms with Crippen LogP contribution in [0.3, 0.4) is 0 Å². The average molecular weight is 289 g/mol. The summed E-state index contributed by atoms with van der Waals surface area (Å²) in [5.74, 6) is 0.395. The summed E-state index contributed by atoms with van der Waals surface area (Å²) < 4.78 is 11.0. The summed E-state index contributed by atoms with van der Waals surface area (Å²) in [5.41, 5.74) is 1.39. The van der Waals surface area contributed by atoms with Crippen LogP contribution in [-0.4, -0.2) is 23.2 Å². The Bertz CT molecular complexity index is 663. The number of aromatic nitrogens is 1. The van der Waals surface area contributed by atoms with E-state index in [1.807, 2.05) is 12.1 Å². The van der Waals surface area contributed by atoms with Crippen LogP contribution in [0.25, 0.3) is 11.1 Å². The van der Waals surface area contributed by atoms with Crippen molar-refractivity contribution in [2.45, 2.75) is 32.1 Å². The van der Waals surface area contributed by atoms with E-state index in [0.29, 0.717) is 29.6 Å². The summed E-state index contributed by atoms with van der Waals surface area (Å²) in [5, 5.41) is 9.43. The molecular weight excluding hydrogens is 270 g/mol. The molecule has 2 aromatic rings. The highest BCUT2D eigenvalue weighted by molar-refractivity contribution is 5.75. The van der Waals surface area contributed by atoms with Crippen LogP contribution in [0.15, 0.2) is 22.6 Å². The van der Waals surface area contributed by atoms with E-state index in [0.717, 1.165) is 18.4 Å². The number of rotatable bonds is 4. The molecule has 21 heavy (non-hydrogen) atoms. The minimum atomic E-state index is -0.754. The standard InChI is InChI=1S/C16H19NO4/c1-3-9-6-11(12(7-9)16(18)19)15-17-13-5-4-10(20-2)8-14(13)21-15/h4-5,8-9,11-12H,3,6-7H2,1-2H3,(H,18,19). The molecule has 0 spiro atoms. The zero-order valence-electron chi connectivity index (χ0n) is 12.2. The molecule has 112 valence electrons. The first-order chi connectivity index (χ1) is 10.1. The number of fused-ring (bicyclic) bond motifs is 1. The number of benzene rings is 1. The smallest absolute Gasteiger partial charge is 0.307 e. The number of methoxy groups -OCH3 is 1. The molecule has 1 heterocycles. The lowest BCUT2D eigenvalue weighted by atomic mass is 9.96. The Morgan fingerprint density at radius 1 is 1.48 bits per heavy atom. The van der Waals surface area contributed by atoms with Crippen LogP contribution in [-0.2, 0) is 4.79 Å². The highest BCUT2D eigenvalue weighted by Gasteiger charge is 2.41. The number of ether oxygens (including phenoxy) is 1. The summed E-state index contributed by atoms with van der Waals surface area (Å²) in [6.45, 7) is 2.10. The molecular formula is C16H19NO4. The van der Waals surface area contributed by atoms with Crippen LogP contribution >= 0.6 is 0 Å². The van der Waals surface area contributed by atoms with Gasteiger partial charge in [-0.25, -0.2) is 4.98 Å². The van der Waals surface area contributed by atoms with Crippen LogP contribution < -0.4 is 4.74 Å². The number of carboxylic acids is 1. The van der Waals surface area contributed by atoms with Crippen LogP contribution in [0, 0.1) is 11.8 Å². The average Bonchev–Trinajstić information content (AvgIpc) is 3.09. The van der Waals surface area contributed by atoms with Crippen molar-refractivity contribution in [1.29, 1.82) is 0 Å². The number of hydrogen-bond acceptors (Lipinski definition) is 4. The molecule has 1 aliphatic carbocycles. The maximum atomic E-state index is 11.5. The van der Waals surface area contributed by atoms with Crippen LogP contribution in [0.5, 0.6) is 5.75 Å². The minimum absolute atomic E-state index is 0.133. The first-order valence-corrected chi connectivity index (χ1v) is 7.29. The van der Waals surface area contributed by atoms with E-state index in [-0.39, 0.29) is 5.92 Å². The molecule has 1 fully saturated rings. The van der Waals surface area contributed by atoms with Gasteiger partial charge in [0.2, 0.25) is 0 Å². The lowest BCUT2D eigenvalue weighted by Gasteiger charge is -2.10. The first-order valence-electron chi connectivity index (χ1n) is 7.29. The summed E-state index contributed by atoms with van der Waals surface area (Å²) in [4.78, 5) is 16.0. The van der Waals surface area contributed by atoms with E-state index in [1.165, 1.54) is 0 Å². The van der Waals surface area contributed by atoms with E-state index in [1.54, 1.807) is 13.2 Å². The summed E-state index contributed by atoms with van der Waals surface area (Å²) in [6, 6.07) is 5.45. The molecule has 0 bridgehead atoms. The van der Waals surface area contributed by atoms with Crippen LogP contribution in [0.4, 0.5) is 0 Å². The maximum Gasteiger partial charge on any atom is 0.307 e. The molecule has 0 saturated heterocycles. The number of aliphatic carboxylic acids is 1. The predicted molar refractivity (Wildman–Crippen MR) is 77.4 cm³/mol. The van der Waals surface area contributed by atoms with Gasteiger partial charge in [0.25, 0.3) is 0 Å². The number of hydrogen-bond donors (Lipinski definition) is 1. The summed E-state index contributed by atoms with van der Waals surface area (Å²) in [7, 11) is 1.60. The number of nitrogens with zero attached hydrogens (tertiary/aromatic N) is 1. The summed E-state index contributed by atoms with van der Waals surface area (Å²) >= 11 is 0. The van der Waals surface area contributed by atoms with Gasteiger partial charge in [-0.3, -0.25) is 4.79 Å². The number of carboxylic acid groups (broad SMARTS) is 1. The largest absolute Gasteiger partial charge is 0.497 e. The van der Waals surface area contributed by atoms with Gasteiger partial charge in [0, 0.05) is 12.0 Å². The topological polar surface area (TPSA) is 72.6 Å². The third-order valence-electron chi connectivity index (χ3n) is 4.48. The fourth-order valence-electron chi connectivity index (χ4n) is 3.23. The molecule has 5 heteroatoms. The molecule has 0 radical (unpaired) electrons. The van der Waals surface area contributed by atoms with Gasteiger partial charge in [0.15, 0.2) is 11.5 Å². The lowest BCUT2D eigenvalue weighted by molar-refractivity contribution is -0.142. The van der Waals surface area contributed by atoms with Gasteiger partial charge >= 0.3 is 5.97 Å². The maximum absolute atomic E-state index is 11.5. The van der Waals surface area contributed by atoms with E-state index in [4.69, 9.17) is 9.15 Å². The molecule has 3 unspecified atom stereocenters. The Labute approximate surface area is 122 Å². The van der Waals surface area contributed by atoms with Crippen LogP contribution in [0.1, 0.15) is 38.0 Å². The SMILES string of the molecule is CCC1CC(C(=O)O)C(c2nc3ccc(OC)cc3o2)C1. The molecule has 5 nitrogen and oxygen atoms in total. The zero-order valence-corrected chi connectivity index (χ0v) is 12.2. The van der Waals surface area contributed by atoms with E-state index in [9.17, 15) is 9.90 Å². The van der Waals surface area contributed by atoms with Crippen molar-refractivity contribution in [3.05, 3.63) is 24.1 Å². The number of carbonyl (C=O) groups is 1. The predicted octanol–water partition coefficient (Wildman–Crippen LogP) is 3.44. The molecule has 1 aromatic heterocycles. The Morgan fingerprint density at radius 3 is 2.95 bits per heavy atom. The normalized spacial score (nSPS) is 25.3. The van der Waals surface area contributed by atoms with Crippen molar-refractivity contribution in [1.82, 2.24) is 4.98 Å². The molecule has 0 amide bonds. The van der Waals surface area contributed by atoms with Gasteiger partial charge < -0.3 is 14.3 Å². The monoisotopic (exact) mass is 289 g/mol. The van der Waals surface area contributed by atoms with E-state index < -0.39 is 11.9 Å². The fourth-order valence-corrected chi connectivity index (χ4v) is 3.23. The zero-order chi connectivity index (χ0) is 15.0. The molecule has 3 atom stereocenters. The molecule has 3 rings (SSSR count). The van der Waals surface area contributed by atoms with Crippen molar-refractivity contribution in [2.24, 2.45) is 11.8 Å². The quantitative estimate of drug-likeness (QED) is 0.933.